The summed E-state index contributed by atoms with van der Waals surface area (Å²) in [5.41, 5.74) is 3.61. The van der Waals surface area contributed by atoms with Crippen molar-refractivity contribution in [3.05, 3.63) is 65.5 Å². The molecule has 1 aromatic heterocycles. The second kappa shape index (κ2) is 9.71. The molecule has 0 aliphatic carbocycles. The van der Waals surface area contributed by atoms with Crippen LogP contribution in [0.25, 0.3) is 0 Å². The van der Waals surface area contributed by atoms with E-state index in [2.05, 4.69) is 38.8 Å². The fourth-order valence-corrected chi connectivity index (χ4v) is 3.15. The molecule has 1 aliphatic rings. The molecule has 2 N–H and O–H groups in total. The first-order valence-electron chi connectivity index (χ1n) is 9.53. The molecular weight excluding hydrogens is 338 g/mol. The molecule has 1 aromatic carbocycles. The van der Waals surface area contributed by atoms with Gasteiger partial charge in [0.15, 0.2) is 5.96 Å². The van der Waals surface area contributed by atoms with Crippen molar-refractivity contribution in [1.29, 1.82) is 0 Å². The predicted molar refractivity (Wildman–Crippen MR) is 107 cm³/mol. The molecule has 3 rings (SSSR count). The Morgan fingerprint density at radius 1 is 1.15 bits per heavy atom. The zero-order valence-electron chi connectivity index (χ0n) is 15.8. The van der Waals surface area contributed by atoms with Crippen LogP contribution in [-0.4, -0.2) is 47.9 Å². The molecule has 0 unspecified atom stereocenters. The van der Waals surface area contributed by atoms with Gasteiger partial charge in [-0.05, 0) is 36.6 Å². The van der Waals surface area contributed by atoms with Crippen LogP contribution in [0.3, 0.4) is 0 Å². The average molecular weight is 365 g/mol. The highest BCUT2D eigenvalue weighted by molar-refractivity contribution is 5.85. The van der Waals surface area contributed by atoms with E-state index < -0.39 is 0 Å². The summed E-state index contributed by atoms with van der Waals surface area (Å²) in [5, 5.41) is 6.46. The van der Waals surface area contributed by atoms with E-state index in [4.69, 9.17) is 0 Å². The minimum absolute atomic E-state index is 0.0615. The highest BCUT2D eigenvalue weighted by Crippen LogP contribution is 2.18. The molecule has 0 saturated carbocycles. The van der Waals surface area contributed by atoms with Crippen molar-refractivity contribution in [3.63, 3.8) is 0 Å². The van der Waals surface area contributed by atoms with E-state index >= 15 is 0 Å². The third-order valence-electron chi connectivity index (χ3n) is 4.60. The number of carbonyl (C=O) groups is 1. The number of nitrogens with one attached hydrogen (secondary N) is 2. The average Bonchev–Trinajstić information content (AvgIpc) is 2.72. The topological polar surface area (TPSA) is 69.6 Å². The third-order valence-corrected chi connectivity index (χ3v) is 4.60. The molecule has 0 saturated heterocycles. The molecule has 1 aliphatic heterocycles. The van der Waals surface area contributed by atoms with Crippen LogP contribution < -0.4 is 10.6 Å². The van der Waals surface area contributed by atoms with Crippen molar-refractivity contribution in [1.82, 2.24) is 20.5 Å². The van der Waals surface area contributed by atoms with Gasteiger partial charge < -0.3 is 15.5 Å². The number of pyridine rings is 1. The maximum atomic E-state index is 12.6. The summed E-state index contributed by atoms with van der Waals surface area (Å²) in [4.78, 5) is 23.2. The van der Waals surface area contributed by atoms with Gasteiger partial charge in [0.2, 0.25) is 5.91 Å². The van der Waals surface area contributed by atoms with Crippen LogP contribution in [0, 0.1) is 0 Å². The fourth-order valence-electron chi connectivity index (χ4n) is 3.15. The molecule has 0 radical (unpaired) electrons. The monoisotopic (exact) mass is 365 g/mol. The number of rotatable bonds is 6. The zero-order chi connectivity index (χ0) is 18.9. The van der Waals surface area contributed by atoms with Gasteiger partial charge in [-0.3, -0.25) is 9.78 Å². The molecule has 142 valence electrons. The van der Waals surface area contributed by atoms with E-state index in [-0.39, 0.29) is 12.5 Å². The Hall–Kier alpha value is -2.89. The molecule has 27 heavy (non-hydrogen) atoms. The van der Waals surface area contributed by atoms with Gasteiger partial charge in [-0.1, -0.05) is 30.3 Å². The molecule has 0 spiro atoms. The van der Waals surface area contributed by atoms with Crippen molar-refractivity contribution in [3.8, 4) is 0 Å². The van der Waals surface area contributed by atoms with E-state index in [1.54, 1.807) is 6.20 Å². The lowest BCUT2D eigenvalue weighted by Gasteiger charge is -2.28. The standard InChI is InChI=1S/C21H27N5O/c1-2-22-21(24-13-10-19-9-5-6-12-23-19)25-15-20(27)26-14-11-17-7-3-4-8-18(17)16-26/h3-9,12H,2,10-11,13-16H2,1H3,(H2,22,24,25). The van der Waals surface area contributed by atoms with Gasteiger partial charge in [0.05, 0.1) is 0 Å². The molecule has 1 amide bonds. The molecule has 2 heterocycles. The number of hydrogen-bond acceptors (Lipinski definition) is 3. The highest BCUT2D eigenvalue weighted by Gasteiger charge is 2.19. The first kappa shape index (κ1) is 18.9. The van der Waals surface area contributed by atoms with Gasteiger partial charge in [0.25, 0.3) is 0 Å². The van der Waals surface area contributed by atoms with Crippen molar-refractivity contribution >= 4 is 11.9 Å². The fraction of sp³-hybridized carbons (Fsp3) is 0.381. The SMILES string of the molecule is CCNC(=NCC(=O)N1CCc2ccccc2C1)NCCc1ccccn1. The van der Waals surface area contributed by atoms with Crippen LogP contribution in [0.15, 0.2) is 53.7 Å². The Labute approximate surface area is 160 Å². The van der Waals surface area contributed by atoms with Crippen LogP contribution in [0.1, 0.15) is 23.7 Å². The summed E-state index contributed by atoms with van der Waals surface area (Å²) in [6, 6.07) is 14.2. The van der Waals surface area contributed by atoms with Gasteiger partial charge in [0, 0.05) is 44.5 Å². The smallest absolute Gasteiger partial charge is 0.244 e. The highest BCUT2D eigenvalue weighted by atomic mass is 16.2. The van der Waals surface area contributed by atoms with Crippen molar-refractivity contribution in [2.45, 2.75) is 26.3 Å². The maximum Gasteiger partial charge on any atom is 0.244 e. The Kier molecular flexibility index (Phi) is 6.79. The number of fused-ring (bicyclic) bond motifs is 1. The van der Waals surface area contributed by atoms with Gasteiger partial charge in [-0.2, -0.15) is 0 Å². The minimum Gasteiger partial charge on any atom is -0.357 e. The molecular formula is C21H27N5O. The quantitative estimate of drug-likeness (QED) is 0.605. The summed E-state index contributed by atoms with van der Waals surface area (Å²) in [6.45, 7) is 5.07. The Balaban J connectivity index is 1.51. The van der Waals surface area contributed by atoms with Crippen molar-refractivity contribution in [2.24, 2.45) is 4.99 Å². The maximum absolute atomic E-state index is 12.6. The zero-order valence-corrected chi connectivity index (χ0v) is 15.8. The molecule has 2 aromatic rings. The lowest BCUT2D eigenvalue weighted by atomic mass is 10.00. The van der Waals surface area contributed by atoms with Crippen molar-refractivity contribution in [2.75, 3.05) is 26.2 Å². The van der Waals surface area contributed by atoms with E-state index in [0.29, 0.717) is 19.0 Å². The van der Waals surface area contributed by atoms with E-state index in [0.717, 1.165) is 31.6 Å². The summed E-state index contributed by atoms with van der Waals surface area (Å²) in [6.07, 6.45) is 3.51. The number of amides is 1. The number of aliphatic imine (C=N–C) groups is 1. The minimum atomic E-state index is 0.0615. The summed E-state index contributed by atoms with van der Waals surface area (Å²) in [7, 11) is 0. The van der Waals surface area contributed by atoms with Crippen LogP contribution >= 0.6 is 0 Å². The summed E-state index contributed by atoms with van der Waals surface area (Å²) >= 11 is 0. The van der Waals surface area contributed by atoms with Gasteiger partial charge >= 0.3 is 0 Å². The number of hydrogen-bond donors (Lipinski definition) is 2. The van der Waals surface area contributed by atoms with Crippen molar-refractivity contribution < 1.29 is 4.79 Å². The van der Waals surface area contributed by atoms with Gasteiger partial charge in [-0.25, -0.2) is 4.99 Å². The lowest BCUT2D eigenvalue weighted by molar-refractivity contribution is -0.130. The molecule has 6 nitrogen and oxygen atoms in total. The van der Waals surface area contributed by atoms with Gasteiger partial charge in [0.1, 0.15) is 6.54 Å². The van der Waals surface area contributed by atoms with Crippen LogP contribution in [0.4, 0.5) is 0 Å². The second-order valence-corrected chi connectivity index (χ2v) is 6.53. The summed E-state index contributed by atoms with van der Waals surface area (Å²) in [5.74, 6) is 0.727. The van der Waals surface area contributed by atoms with E-state index in [1.165, 1.54) is 11.1 Å². The van der Waals surface area contributed by atoms with Crippen LogP contribution in [-0.2, 0) is 24.2 Å². The Morgan fingerprint density at radius 3 is 2.74 bits per heavy atom. The first-order valence-corrected chi connectivity index (χ1v) is 9.53. The number of nitrogens with zero attached hydrogens (tertiary/aromatic N) is 3. The van der Waals surface area contributed by atoms with E-state index in [9.17, 15) is 4.79 Å². The number of carbonyl (C=O) groups excluding carboxylic acids is 1. The summed E-state index contributed by atoms with van der Waals surface area (Å²) < 4.78 is 0. The van der Waals surface area contributed by atoms with Crippen LogP contribution in [0.2, 0.25) is 0 Å². The second-order valence-electron chi connectivity index (χ2n) is 6.53. The Morgan fingerprint density at radius 2 is 1.96 bits per heavy atom. The lowest BCUT2D eigenvalue weighted by Crippen LogP contribution is -2.41. The Bertz CT molecular complexity index is 775. The third kappa shape index (κ3) is 5.54. The molecule has 6 heteroatoms. The molecule has 0 atom stereocenters. The largest absolute Gasteiger partial charge is 0.357 e. The van der Waals surface area contributed by atoms with E-state index in [1.807, 2.05) is 36.1 Å². The number of aromatic nitrogens is 1. The predicted octanol–water partition coefficient (Wildman–Crippen LogP) is 1.76. The van der Waals surface area contributed by atoms with Gasteiger partial charge in [-0.15, -0.1) is 0 Å². The number of guanidine groups is 1. The number of benzene rings is 1. The first-order chi connectivity index (χ1) is 13.3. The van der Waals surface area contributed by atoms with Crippen LogP contribution in [0.5, 0.6) is 0 Å². The molecule has 0 bridgehead atoms. The normalized spacial score (nSPS) is 13.8. The molecule has 0 fully saturated rings.